The van der Waals surface area contributed by atoms with Crippen molar-refractivity contribution in [3.8, 4) is 0 Å². The summed E-state index contributed by atoms with van der Waals surface area (Å²) in [6.07, 6.45) is 3.24. The quantitative estimate of drug-likeness (QED) is 0.581. The van der Waals surface area contributed by atoms with Gasteiger partial charge in [-0.25, -0.2) is 0 Å². The monoisotopic (exact) mass is 436 g/mol. The van der Waals surface area contributed by atoms with Crippen molar-refractivity contribution >= 4 is 11.7 Å². The Kier molecular flexibility index (Phi) is 7.35. The van der Waals surface area contributed by atoms with E-state index in [1.807, 2.05) is 0 Å². The van der Waals surface area contributed by atoms with Gasteiger partial charge in [-0.15, -0.1) is 0 Å². The summed E-state index contributed by atoms with van der Waals surface area (Å²) in [6, 6.07) is 15.9. The SMILES string of the molecule is O=C(NCC(O)O)c1ccc2c(c1)CCC(CCN1CCC(c3ccccc3)CC1)C2=O. The number of likely N-dealkylation sites (tertiary alicyclic amines) is 1. The van der Waals surface area contributed by atoms with Crippen molar-refractivity contribution in [2.75, 3.05) is 26.2 Å². The molecule has 0 spiro atoms. The summed E-state index contributed by atoms with van der Waals surface area (Å²) in [4.78, 5) is 27.7. The molecule has 2 aromatic rings. The first kappa shape index (κ1) is 22.6. The van der Waals surface area contributed by atoms with E-state index >= 15 is 0 Å². The molecule has 0 radical (unpaired) electrons. The van der Waals surface area contributed by atoms with Crippen LogP contribution in [0.25, 0.3) is 0 Å². The Morgan fingerprint density at radius 1 is 1.06 bits per heavy atom. The Bertz CT molecular complexity index is 936. The summed E-state index contributed by atoms with van der Waals surface area (Å²) < 4.78 is 0. The second-order valence-electron chi connectivity index (χ2n) is 8.98. The summed E-state index contributed by atoms with van der Waals surface area (Å²) >= 11 is 0. The molecule has 32 heavy (non-hydrogen) atoms. The number of Topliss-reactive ketones (excluding diaryl/α,β-unsaturated/α-hetero) is 1. The van der Waals surface area contributed by atoms with Crippen molar-refractivity contribution in [2.24, 2.45) is 5.92 Å². The summed E-state index contributed by atoms with van der Waals surface area (Å²) in [7, 11) is 0. The number of aliphatic hydroxyl groups is 2. The Morgan fingerprint density at radius 2 is 1.81 bits per heavy atom. The number of fused-ring (bicyclic) bond motifs is 1. The van der Waals surface area contributed by atoms with Crippen LogP contribution in [-0.2, 0) is 6.42 Å². The van der Waals surface area contributed by atoms with Gasteiger partial charge in [0.25, 0.3) is 5.91 Å². The van der Waals surface area contributed by atoms with Crippen LogP contribution in [0.1, 0.15) is 63.4 Å². The van der Waals surface area contributed by atoms with Crippen molar-refractivity contribution in [2.45, 2.75) is 44.3 Å². The maximum Gasteiger partial charge on any atom is 0.251 e. The van der Waals surface area contributed by atoms with Crippen LogP contribution in [0.5, 0.6) is 0 Å². The zero-order valence-corrected chi connectivity index (χ0v) is 18.4. The molecule has 1 aliphatic carbocycles. The number of ketones is 1. The third-order valence-corrected chi connectivity index (χ3v) is 6.86. The van der Waals surface area contributed by atoms with Gasteiger partial charge in [-0.05, 0) is 80.9 Å². The third-order valence-electron chi connectivity index (χ3n) is 6.86. The van der Waals surface area contributed by atoms with Crippen molar-refractivity contribution in [3.63, 3.8) is 0 Å². The van der Waals surface area contributed by atoms with E-state index in [9.17, 15) is 9.59 Å². The number of benzene rings is 2. The minimum atomic E-state index is -1.58. The summed E-state index contributed by atoms with van der Waals surface area (Å²) in [6.45, 7) is 2.90. The number of hydrogen-bond acceptors (Lipinski definition) is 5. The topological polar surface area (TPSA) is 89.9 Å². The van der Waals surface area contributed by atoms with E-state index in [0.29, 0.717) is 11.5 Å². The molecule has 170 valence electrons. The van der Waals surface area contributed by atoms with Gasteiger partial charge in [-0.2, -0.15) is 0 Å². The Balaban J connectivity index is 1.28. The lowest BCUT2D eigenvalue weighted by Crippen LogP contribution is -2.36. The van der Waals surface area contributed by atoms with E-state index in [4.69, 9.17) is 10.2 Å². The van der Waals surface area contributed by atoms with Crippen LogP contribution in [0.2, 0.25) is 0 Å². The van der Waals surface area contributed by atoms with Gasteiger partial charge in [0.1, 0.15) is 0 Å². The molecule has 1 amide bonds. The van der Waals surface area contributed by atoms with Gasteiger partial charge in [-0.3, -0.25) is 9.59 Å². The second kappa shape index (κ2) is 10.4. The van der Waals surface area contributed by atoms with E-state index in [-0.39, 0.29) is 24.2 Å². The van der Waals surface area contributed by atoms with E-state index < -0.39 is 6.29 Å². The number of carbonyl (C=O) groups excluding carboxylic acids is 2. The lowest BCUT2D eigenvalue weighted by Gasteiger charge is -2.33. The fourth-order valence-electron chi connectivity index (χ4n) is 4.98. The smallest absolute Gasteiger partial charge is 0.251 e. The molecule has 0 bridgehead atoms. The highest BCUT2D eigenvalue weighted by molar-refractivity contribution is 6.02. The standard InChI is InChI=1S/C26H32N2O4/c29-24(30)17-27-26(32)22-8-9-23-21(16-22)7-6-20(25(23)31)12-15-28-13-10-19(11-14-28)18-4-2-1-3-5-18/h1-5,8-9,16,19-20,24,29-30H,6-7,10-15,17H2,(H,27,32). The molecule has 2 aliphatic rings. The lowest BCUT2D eigenvalue weighted by molar-refractivity contribution is -0.0361. The molecule has 2 aromatic carbocycles. The molecule has 4 rings (SSSR count). The van der Waals surface area contributed by atoms with E-state index in [2.05, 4.69) is 40.5 Å². The number of hydrogen-bond donors (Lipinski definition) is 3. The van der Waals surface area contributed by atoms with Crippen LogP contribution in [0.4, 0.5) is 0 Å². The van der Waals surface area contributed by atoms with Gasteiger partial charge in [0.05, 0.1) is 6.54 Å². The average Bonchev–Trinajstić information content (AvgIpc) is 2.83. The highest BCUT2D eigenvalue weighted by atomic mass is 16.5. The van der Waals surface area contributed by atoms with Crippen molar-refractivity contribution in [1.82, 2.24) is 10.2 Å². The number of aryl methyl sites for hydroxylation is 1. The van der Waals surface area contributed by atoms with Gasteiger partial charge in [0.2, 0.25) is 0 Å². The van der Waals surface area contributed by atoms with Gasteiger partial charge in [-0.1, -0.05) is 36.4 Å². The molecule has 1 saturated heterocycles. The Morgan fingerprint density at radius 3 is 2.53 bits per heavy atom. The number of piperidine rings is 1. The molecule has 1 unspecified atom stereocenters. The van der Waals surface area contributed by atoms with Crippen LogP contribution in [-0.4, -0.2) is 59.3 Å². The van der Waals surface area contributed by atoms with E-state index in [1.54, 1.807) is 18.2 Å². The Hall–Kier alpha value is -2.54. The van der Waals surface area contributed by atoms with Gasteiger partial charge in [0, 0.05) is 17.0 Å². The minimum Gasteiger partial charge on any atom is -0.367 e. The molecule has 1 aliphatic heterocycles. The number of aliphatic hydroxyl groups excluding tert-OH is 1. The van der Waals surface area contributed by atoms with E-state index in [0.717, 1.165) is 50.0 Å². The van der Waals surface area contributed by atoms with Crippen LogP contribution in [0.3, 0.4) is 0 Å². The summed E-state index contributed by atoms with van der Waals surface area (Å²) in [5.41, 5.74) is 3.51. The predicted molar refractivity (Wildman–Crippen MR) is 123 cm³/mol. The maximum absolute atomic E-state index is 13.0. The van der Waals surface area contributed by atoms with Gasteiger partial charge in [0.15, 0.2) is 12.1 Å². The zero-order valence-electron chi connectivity index (χ0n) is 18.4. The molecule has 0 aromatic heterocycles. The Labute approximate surface area is 189 Å². The summed E-state index contributed by atoms with van der Waals surface area (Å²) in [5, 5.41) is 20.3. The first-order chi connectivity index (χ1) is 15.5. The molecule has 1 fully saturated rings. The van der Waals surface area contributed by atoms with Crippen molar-refractivity contribution < 1.29 is 19.8 Å². The van der Waals surface area contributed by atoms with Crippen molar-refractivity contribution in [1.29, 1.82) is 0 Å². The number of rotatable bonds is 7. The van der Waals surface area contributed by atoms with Crippen LogP contribution in [0, 0.1) is 5.92 Å². The molecule has 1 heterocycles. The van der Waals surface area contributed by atoms with Gasteiger partial charge < -0.3 is 20.4 Å². The number of nitrogens with one attached hydrogen (secondary N) is 1. The fraction of sp³-hybridized carbons (Fsp3) is 0.462. The molecule has 3 N–H and O–H groups in total. The molecule has 6 heteroatoms. The molecular formula is C26H32N2O4. The highest BCUT2D eigenvalue weighted by Crippen LogP contribution is 2.31. The van der Waals surface area contributed by atoms with Crippen LogP contribution >= 0.6 is 0 Å². The molecular weight excluding hydrogens is 404 g/mol. The fourth-order valence-corrected chi connectivity index (χ4v) is 4.98. The van der Waals surface area contributed by atoms with Gasteiger partial charge >= 0.3 is 0 Å². The number of amides is 1. The van der Waals surface area contributed by atoms with Crippen LogP contribution in [0.15, 0.2) is 48.5 Å². The predicted octanol–water partition coefficient (Wildman–Crippen LogP) is 2.74. The highest BCUT2D eigenvalue weighted by Gasteiger charge is 2.29. The molecule has 1 atom stereocenters. The molecule has 0 saturated carbocycles. The summed E-state index contributed by atoms with van der Waals surface area (Å²) in [5.74, 6) is 0.499. The first-order valence-corrected chi connectivity index (χ1v) is 11.6. The zero-order chi connectivity index (χ0) is 22.5. The maximum atomic E-state index is 13.0. The third kappa shape index (κ3) is 5.44. The van der Waals surface area contributed by atoms with Crippen LogP contribution < -0.4 is 5.32 Å². The number of nitrogens with zero attached hydrogens (tertiary/aromatic N) is 1. The normalized spacial score (nSPS) is 19.7. The average molecular weight is 437 g/mol. The van der Waals surface area contributed by atoms with E-state index in [1.165, 1.54) is 18.4 Å². The molecule has 6 nitrogen and oxygen atoms in total. The second-order valence-corrected chi connectivity index (χ2v) is 8.98. The lowest BCUT2D eigenvalue weighted by atomic mass is 9.80. The van der Waals surface area contributed by atoms with Crippen molar-refractivity contribution in [3.05, 3.63) is 70.8 Å². The largest absolute Gasteiger partial charge is 0.367 e. The minimum absolute atomic E-state index is 0.0403. The first-order valence-electron chi connectivity index (χ1n) is 11.6. The number of carbonyl (C=O) groups is 2.